The zero-order valence-corrected chi connectivity index (χ0v) is 12.9. The van der Waals surface area contributed by atoms with Crippen molar-refractivity contribution in [2.75, 3.05) is 25.5 Å². The molecule has 6 heteroatoms. The quantitative estimate of drug-likeness (QED) is 0.834. The van der Waals surface area contributed by atoms with Gasteiger partial charge in [0.15, 0.2) is 0 Å². The second-order valence-electron chi connectivity index (χ2n) is 5.20. The predicted molar refractivity (Wildman–Crippen MR) is 83.2 cm³/mol. The Labute approximate surface area is 126 Å². The average Bonchev–Trinajstić information content (AvgIpc) is 2.52. The smallest absolute Gasteiger partial charge is 0.211 e. The number of rotatable bonds is 7. The molecule has 0 saturated carbocycles. The molecule has 1 aromatic rings. The van der Waals surface area contributed by atoms with E-state index in [1.165, 1.54) is 0 Å². The first kappa shape index (κ1) is 16.1. The standard InChI is InChI=1S/C15H22N2O3S/c18-21(19,12-7-14-5-10-20-11-6-14)17-9-2-4-15-3-1-8-16-13-15/h1-4,8,13-14,17H,5-7,9-12H2. The minimum Gasteiger partial charge on any atom is -0.381 e. The highest BCUT2D eigenvalue weighted by molar-refractivity contribution is 7.89. The van der Waals surface area contributed by atoms with Crippen molar-refractivity contribution in [3.05, 3.63) is 36.2 Å². The van der Waals surface area contributed by atoms with Crippen LogP contribution in [0.3, 0.4) is 0 Å². The normalized spacial score (nSPS) is 17.3. The molecule has 5 nitrogen and oxygen atoms in total. The SMILES string of the molecule is O=S(=O)(CCC1CCOCC1)NCC=Cc1cccnc1. The lowest BCUT2D eigenvalue weighted by molar-refractivity contribution is 0.0655. The van der Waals surface area contributed by atoms with Crippen LogP contribution >= 0.6 is 0 Å². The van der Waals surface area contributed by atoms with E-state index >= 15 is 0 Å². The monoisotopic (exact) mass is 310 g/mol. The summed E-state index contributed by atoms with van der Waals surface area (Å²) in [6.07, 6.45) is 9.74. The molecule has 0 aromatic carbocycles. The van der Waals surface area contributed by atoms with Gasteiger partial charge in [0.2, 0.25) is 10.0 Å². The molecule has 1 N–H and O–H groups in total. The molecule has 1 saturated heterocycles. The predicted octanol–water partition coefficient (Wildman–Crippen LogP) is 1.83. The lowest BCUT2D eigenvalue weighted by Gasteiger charge is -2.21. The number of aromatic nitrogens is 1. The lowest BCUT2D eigenvalue weighted by Crippen LogP contribution is -2.28. The van der Waals surface area contributed by atoms with Crippen molar-refractivity contribution in [3.63, 3.8) is 0 Å². The summed E-state index contributed by atoms with van der Waals surface area (Å²) in [6.45, 7) is 1.82. The molecule has 1 fully saturated rings. The lowest BCUT2D eigenvalue weighted by atomic mass is 9.98. The number of hydrogen-bond donors (Lipinski definition) is 1. The van der Waals surface area contributed by atoms with Crippen LogP contribution in [0.15, 0.2) is 30.6 Å². The van der Waals surface area contributed by atoms with Crippen LogP contribution in [-0.2, 0) is 14.8 Å². The van der Waals surface area contributed by atoms with Crippen molar-refractivity contribution in [1.82, 2.24) is 9.71 Å². The van der Waals surface area contributed by atoms with Crippen LogP contribution in [0, 0.1) is 5.92 Å². The van der Waals surface area contributed by atoms with Crippen molar-refractivity contribution in [3.8, 4) is 0 Å². The van der Waals surface area contributed by atoms with E-state index in [4.69, 9.17) is 4.74 Å². The van der Waals surface area contributed by atoms with Crippen molar-refractivity contribution in [2.24, 2.45) is 5.92 Å². The summed E-state index contributed by atoms with van der Waals surface area (Å²) in [5.41, 5.74) is 0.957. The molecule has 0 radical (unpaired) electrons. The van der Waals surface area contributed by atoms with Crippen molar-refractivity contribution in [2.45, 2.75) is 19.3 Å². The van der Waals surface area contributed by atoms with E-state index in [0.29, 0.717) is 18.9 Å². The minimum absolute atomic E-state index is 0.193. The van der Waals surface area contributed by atoms with Crippen LogP contribution in [0.1, 0.15) is 24.8 Å². The summed E-state index contributed by atoms with van der Waals surface area (Å²) in [5.74, 6) is 0.666. The summed E-state index contributed by atoms with van der Waals surface area (Å²) < 4.78 is 31.7. The average molecular weight is 310 g/mol. The van der Waals surface area contributed by atoms with Gasteiger partial charge in [0, 0.05) is 32.2 Å². The van der Waals surface area contributed by atoms with Crippen molar-refractivity contribution < 1.29 is 13.2 Å². The number of pyridine rings is 1. The maximum Gasteiger partial charge on any atom is 0.211 e. The van der Waals surface area contributed by atoms with Gasteiger partial charge in [-0.1, -0.05) is 18.2 Å². The highest BCUT2D eigenvalue weighted by Crippen LogP contribution is 2.18. The van der Waals surface area contributed by atoms with E-state index in [1.54, 1.807) is 18.5 Å². The molecular formula is C15H22N2O3S. The van der Waals surface area contributed by atoms with E-state index in [2.05, 4.69) is 9.71 Å². The molecule has 2 rings (SSSR count). The van der Waals surface area contributed by atoms with Gasteiger partial charge < -0.3 is 4.74 Å². The van der Waals surface area contributed by atoms with E-state index < -0.39 is 10.0 Å². The Kier molecular flexibility index (Phi) is 6.35. The molecule has 1 aliphatic heterocycles. The van der Waals surface area contributed by atoms with E-state index in [1.807, 2.05) is 18.2 Å². The van der Waals surface area contributed by atoms with Crippen molar-refractivity contribution >= 4 is 16.1 Å². The molecular weight excluding hydrogens is 288 g/mol. The summed E-state index contributed by atoms with van der Waals surface area (Å²) in [6, 6.07) is 3.76. The first-order chi connectivity index (χ1) is 10.2. The van der Waals surface area contributed by atoms with Gasteiger partial charge in [0.05, 0.1) is 5.75 Å². The fraction of sp³-hybridized carbons (Fsp3) is 0.533. The Morgan fingerprint density at radius 2 is 2.19 bits per heavy atom. The van der Waals surface area contributed by atoms with Gasteiger partial charge in [-0.25, -0.2) is 13.1 Å². The molecule has 0 atom stereocenters. The summed E-state index contributed by atoms with van der Waals surface area (Å²) in [5, 5.41) is 0. The third-order valence-electron chi connectivity index (χ3n) is 3.55. The molecule has 0 spiro atoms. The Hall–Kier alpha value is -1.24. The van der Waals surface area contributed by atoms with Crippen LogP contribution in [0.2, 0.25) is 0 Å². The van der Waals surface area contributed by atoms with Crippen molar-refractivity contribution in [1.29, 1.82) is 0 Å². The number of nitrogens with one attached hydrogen (secondary N) is 1. The number of sulfonamides is 1. The molecule has 0 aliphatic carbocycles. The van der Waals surface area contributed by atoms with Crippen LogP contribution in [0.5, 0.6) is 0 Å². The molecule has 1 aromatic heterocycles. The second kappa shape index (κ2) is 8.26. The van der Waals surface area contributed by atoms with Gasteiger partial charge in [-0.15, -0.1) is 0 Å². The fourth-order valence-corrected chi connectivity index (χ4v) is 3.41. The summed E-state index contributed by atoms with van der Waals surface area (Å²) >= 11 is 0. The minimum atomic E-state index is -3.19. The zero-order valence-electron chi connectivity index (χ0n) is 12.1. The molecule has 0 amide bonds. The highest BCUT2D eigenvalue weighted by atomic mass is 32.2. The van der Waals surface area contributed by atoms with Gasteiger partial charge in [-0.3, -0.25) is 4.98 Å². The zero-order chi connectivity index (χ0) is 15.0. The molecule has 21 heavy (non-hydrogen) atoms. The van der Waals surface area contributed by atoms with E-state index in [0.717, 1.165) is 31.6 Å². The molecule has 2 heterocycles. The van der Waals surface area contributed by atoms with Gasteiger partial charge in [0.1, 0.15) is 0 Å². The van der Waals surface area contributed by atoms with Gasteiger partial charge in [-0.05, 0) is 36.8 Å². The van der Waals surface area contributed by atoms with E-state index in [9.17, 15) is 8.42 Å². The van der Waals surface area contributed by atoms with Gasteiger partial charge in [-0.2, -0.15) is 0 Å². The molecule has 116 valence electrons. The van der Waals surface area contributed by atoms with Crippen LogP contribution in [0.4, 0.5) is 0 Å². The molecule has 1 aliphatic rings. The summed E-state index contributed by atoms with van der Waals surface area (Å²) in [4.78, 5) is 3.99. The number of nitrogens with zero attached hydrogens (tertiary/aromatic N) is 1. The van der Waals surface area contributed by atoms with Crippen LogP contribution in [0.25, 0.3) is 6.08 Å². The Bertz CT molecular complexity index is 537. The number of hydrogen-bond acceptors (Lipinski definition) is 4. The molecule has 0 bridgehead atoms. The third kappa shape index (κ3) is 6.37. The topological polar surface area (TPSA) is 68.3 Å². The Morgan fingerprint density at radius 3 is 2.90 bits per heavy atom. The van der Waals surface area contributed by atoms with E-state index in [-0.39, 0.29) is 5.75 Å². The van der Waals surface area contributed by atoms with Crippen LogP contribution < -0.4 is 4.72 Å². The number of ether oxygens (including phenoxy) is 1. The summed E-state index contributed by atoms with van der Waals surface area (Å²) in [7, 11) is -3.19. The fourth-order valence-electron chi connectivity index (χ4n) is 2.27. The van der Waals surface area contributed by atoms with Crippen LogP contribution in [-0.4, -0.2) is 38.9 Å². The largest absolute Gasteiger partial charge is 0.381 e. The maximum atomic E-state index is 11.9. The third-order valence-corrected chi connectivity index (χ3v) is 4.93. The van der Waals surface area contributed by atoms with Gasteiger partial charge in [0.25, 0.3) is 0 Å². The Morgan fingerprint density at radius 1 is 1.38 bits per heavy atom. The first-order valence-electron chi connectivity index (χ1n) is 7.27. The second-order valence-corrected chi connectivity index (χ2v) is 7.13. The first-order valence-corrected chi connectivity index (χ1v) is 8.92. The highest BCUT2D eigenvalue weighted by Gasteiger charge is 2.17. The Balaban J connectivity index is 1.69. The maximum absolute atomic E-state index is 11.9. The molecule has 0 unspecified atom stereocenters. The van der Waals surface area contributed by atoms with Gasteiger partial charge >= 0.3 is 0 Å².